The van der Waals surface area contributed by atoms with Crippen molar-refractivity contribution in [2.45, 2.75) is 129 Å². The summed E-state index contributed by atoms with van der Waals surface area (Å²) in [6.07, 6.45) is 7.46. The lowest BCUT2D eigenvalue weighted by molar-refractivity contribution is -0.143. The van der Waals surface area contributed by atoms with Crippen LogP contribution in [0.1, 0.15) is 115 Å². The number of nitrogens with one attached hydrogen (secondary N) is 2. The quantitative estimate of drug-likeness (QED) is 0.235. The summed E-state index contributed by atoms with van der Waals surface area (Å²) in [5.41, 5.74) is 5.74. The van der Waals surface area contributed by atoms with Gasteiger partial charge in [-0.1, -0.05) is 51.5 Å². The molecule has 5 N–H and O–H groups in total. The summed E-state index contributed by atoms with van der Waals surface area (Å²) < 4.78 is 5.40. The first-order chi connectivity index (χ1) is 19.3. The van der Waals surface area contributed by atoms with E-state index in [1.54, 1.807) is 39.8 Å². The van der Waals surface area contributed by atoms with Crippen LogP contribution in [-0.2, 0) is 19.1 Å². The largest absolute Gasteiger partial charge is 0.508 e. The number of benzene rings is 1. The van der Waals surface area contributed by atoms with Crippen LogP contribution in [0.15, 0.2) is 18.2 Å². The highest BCUT2D eigenvalue weighted by Crippen LogP contribution is 2.29. The number of nitrogens with two attached hydrogens (primary N) is 1. The van der Waals surface area contributed by atoms with Gasteiger partial charge >= 0.3 is 6.09 Å². The van der Waals surface area contributed by atoms with E-state index in [1.807, 2.05) is 0 Å². The van der Waals surface area contributed by atoms with Crippen LogP contribution < -0.4 is 16.4 Å². The standard InChI is InChI=1S/C31H50N4O6/c1-6-7-8-12-19-35(29(39)24(16-18-26(32)37)34-30(40)41-31(3,4)5)27(22-15-17-25(36)21(2)20-22)28(38)33-23-13-10-9-11-14-23/h15,17,20,23-24,27,36H,6-14,16,18-19H2,1-5H3,(H2,32,37)(H,33,38)(H,34,40). The van der Waals surface area contributed by atoms with Gasteiger partial charge in [-0.05, 0) is 76.6 Å². The number of aromatic hydroxyl groups is 1. The van der Waals surface area contributed by atoms with Crippen molar-refractivity contribution in [1.29, 1.82) is 0 Å². The van der Waals surface area contributed by atoms with E-state index in [1.165, 1.54) is 11.0 Å². The lowest BCUT2D eigenvalue weighted by Gasteiger charge is -2.36. The van der Waals surface area contributed by atoms with Gasteiger partial charge in [0, 0.05) is 19.0 Å². The smallest absolute Gasteiger partial charge is 0.408 e. The monoisotopic (exact) mass is 574 g/mol. The van der Waals surface area contributed by atoms with Gasteiger partial charge in [0.15, 0.2) is 0 Å². The molecule has 0 saturated heterocycles. The molecule has 1 saturated carbocycles. The minimum absolute atomic E-state index is 0.0135. The van der Waals surface area contributed by atoms with Crippen LogP contribution >= 0.6 is 0 Å². The first-order valence-corrected chi connectivity index (χ1v) is 15.0. The van der Waals surface area contributed by atoms with Gasteiger partial charge in [0.05, 0.1) is 0 Å². The van der Waals surface area contributed by atoms with Crippen molar-refractivity contribution in [2.75, 3.05) is 6.54 Å². The fourth-order valence-corrected chi connectivity index (χ4v) is 5.12. The number of amides is 4. The molecule has 2 rings (SSSR count). The van der Waals surface area contributed by atoms with Gasteiger partial charge in [-0.15, -0.1) is 0 Å². The number of hydrogen-bond donors (Lipinski definition) is 4. The number of hydrogen-bond acceptors (Lipinski definition) is 6. The van der Waals surface area contributed by atoms with Crippen LogP contribution in [0, 0.1) is 6.92 Å². The van der Waals surface area contributed by atoms with E-state index in [4.69, 9.17) is 10.5 Å². The molecule has 230 valence electrons. The summed E-state index contributed by atoms with van der Waals surface area (Å²) in [6, 6.07) is 2.77. The molecule has 0 heterocycles. The maximum Gasteiger partial charge on any atom is 0.408 e. The second-order valence-electron chi connectivity index (χ2n) is 12.1. The third kappa shape index (κ3) is 11.6. The molecular formula is C31H50N4O6. The molecule has 10 heteroatoms. The Hall–Kier alpha value is -3.30. The van der Waals surface area contributed by atoms with Gasteiger partial charge in [0.1, 0.15) is 23.4 Å². The average Bonchev–Trinajstić information content (AvgIpc) is 2.89. The summed E-state index contributed by atoms with van der Waals surface area (Å²) in [5, 5.41) is 16.0. The van der Waals surface area contributed by atoms with Gasteiger partial charge < -0.3 is 31.1 Å². The van der Waals surface area contributed by atoms with Crippen molar-refractivity contribution in [3.63, 3.8) is 0 Å². The highest BCUT2D eigenvalue weighted by atomic mass is 16.6. The Bertz CT molecular complexity index is 1030. The third-order valence-electron chi connectivity index (χ3n) is 7.25. The van der Waals surface area contributed by atoms with E-state index >= 15 is 0 Å². The van der Waals surface area contributed by atoms with Crippen LogP contribution in [0.3, 0.4) is 0 Å². The predicted octanol–water partition coefficient (Wildman–Crippen LogP) is 4.76. The maximum atomic E-state index is 14.3. The lowest BCUT2D eigenvalue weighted by atomic mass is 9.94. The molecule has 1 aromatic carbocycles. The Kier molecular flexibility index (Phi) is 13.4. The Balaban J connectivity index is 2.51. The van der Waals surface area contributed by atoms with Gasteiger partial charge in [-0.2, -0.15) is 0 Å². The van der Waals surface area contributed by atoms with E-state index in [2.05, 4.69) is 17.6 Å². The van der Waals surface area contributed by atoms with Crippen LogP contribution in [0.4, 0.5) is 4.79 Å². The first kappa shape index (κ1) is 33.9. The summed E-state index contributed by atoms with van der Waals surface area (Å²) in [7, 11) is 0. The van der Waals surface area contributed by atoms with Crippen LogP contribution in [0.5, 0.6) is 5.75 Å². The number of alkyl carbamates (subject to hydrolysis) is 1. The molecule has 4 amide bonds. The molecule has 2 unspecified atom stereocenters. The zero-order valence-electron chi connectivity index (χ0n) is 25.5. The molecule has 1 aromatic rings. The first-order valence-electron chi connectivity index (χ1n) is 15.0. The molecular weight excluding hydrogens is 524 g/mol. The van der Waals surface area contributed by atoms with Gasteiger partial charge in [0.25, 0.3) is 0 Å². The molecule has 1 aliphatic rings. The van der Waals surface area contributed by atoms with Crippen LogP contribution in [0.25, 0.3) is 0 Å². The molecule has 0 radical (unpaired) electrons. The number of phenolic OH excluding ortho intramolecular Hbond substituents is 1. The number of unbranched alkanes of at least 4 members (excludes halogenated alkanes) is 3. The van der Waals surface area contributed by atoms with E-state index in [0.717, 1.165) is 51.4 Å². The SMILES string of the molecule is CCCCCCN(C(=O)C(CCC(N)=O)NC(=O)OC(C)(C)C)C(C(=O)NC1CCCCC1)c1ccc(O)c(C)c1. The van der Waals surface area contributed by atoms with Crippen molar-refractivity contribution in [3.8, 4) is 5.75 Å². The van der Waals surface area contributed by atoms with E-state index in [-0.39, 0.29) is 37.1 Å². The zero-order valence-corrected chi connectivity index (χ0v) is 25.5. The molecule has 2 atom stereocenters. The maximum absolute atomic E-state index is 14.3. The molecule has 1 fully saturated rings. The summed E-state index contributed by atoms with van der Waals surface area (Å²) in [4.78, 5) is 54.2. The van der Waals surface area contributed by atoms with Crippen molar-refractivity contribution < 1.29 is 29.0 Å². The second-order valence-corrected chi connectivity index (χ2v) is 12.1. The predicted molar refractivity (Wildman–Crippen MR) is 158 cm³/mol. The van der Waals surface area contributed by atoms with Gasteiger partial charge in [-0.3, -0.25) is 14.4 Å². The second kappa shape index (κ2) is 16.2. The molecule has 0 aromatic heterocycles. The van der Waals surface area contributed by atoms with Gasteiger partial charge in [-0.25, -0.2) is 4.79 Å². The third-order valence-corrected chi connectivity index (χ3v) is 7.25. The summed E-state index contributed by atoms with van der Waals surface area (Å²) in [5.74, 6) is -1.32. The summed E-state index contributed by atoms with van der Waals surface area (Å²) in [6.45, 7) is 9.24. The number of carbonyl (C=O) groups excluding carboxylic acids is 4. The van der Waals surface area contributed by atoms with E-state index in [9.17, 15) is 24.3 Å². The minimum atomic E-state index is -1.13. The highest BCUT2D eigenvalue weighted by molar-refractivity contribution is 5.92. The molecule has 0 spiro atoms. The molecule has 41 heavy (non-hydrogen) atoms. The fraction of sp³-hybridized carbons (Fsp3) is 0.677. The lowest BCUT2D eigenvalue weighted by Crippen LogP contribution is -2.54. The number of carbonyl (C=O) groups is 4. The minimum Gasteiger partial charge on any atom is -0.508 e. The zero-order chi connectivity index (χ0) is 30.6. The number of phenols is 1. The molecule has 0 aliphatic heterocycles. The van der Waals surface area contributed by atoms with Crippen LogP contribution in [0.2, 0.25) is 0 Å². The van der Waals surface area contributed by atoms with Crippen molar-refractivity contribution in [3.05, 3.63) is 29.3 Å². The number of primary amides is 1. The van der Waals surface area contributed by atoms with Crippen molar-refractivity contribution in [2.24, 2.45) is 5.73 Å². The highest BCUT2D eigenvalue weighted by Gasteiger charge is 2.37. The Morgan fingerprint density at radius 2 is 1.78 bits per heavy atom. The number of rotatable bonds is 14. The topological polar surface area (TPSA) is 151 Å². The Morgan fingerprint density at radius 1 is 1.10 bits per heavy atom. The fourth-order valence-electron chi connectivity index (χ4n) is 5.12. The molecule has 1 aliphatic carbocycles. The molecule has 0 bridgehead atoms. The van der Waals surface area contributed by atoms with E-state index in [0.29, 0.717) is 17.5 Å². The van der Waals surface area contributed by atoms with Gasteiger partial charge in [0.2, 0.25) is 17.7 Å². The Morgan fingerprint density at radius 3 is 2.37 bits per heavy atom. The van der Waals surface area contributed by atoms with Crippen molar-refractivity contribution in [1.82, 2.24) is 15.5 Å². The van der Waals surface area contributed by atoms with Crippen LogP contribution in [-0.4, -0.2) is 58.1 Å². The number of ether oxygens (including phenoxy) is 1. The Labute approximate surface area is 244 Å². The number of nitrogens with zero attached hydrogens (tertiary/aromatic N) is 1. The summed E-state index contributed by atoms with van der Waals surface area (Å²) >= 11 is 0. The van der Waals surface area contributed by atoms with Crippen molar-refractivity contribution >= 4 is 23.8 Å². The number of aryl methyl sites for hydroxylation is 1. The average molecular weight is 575 g/mol. The van der Waals surface area contributed by atoms with E-state index < -0.39 is 35.6 Å². The normalized spacial score (nSPS) is 15.4. The molecule has 10 nitrogen and oxygen atoms in total.